The van der Waals surface area contributed by atoms with Crippen molar-refractivity contribution < 1.29 is 0 Å². The summed E-state index contributed by atoms with van der Waals surface area (Å²) < 4.78 is 0. The fourth-order valence-corrected chi connectivity index (χ4v) is 3.41. The van der Waals surface area contributed by atoms with Crippen LogP contribution in [0, 0.1) is 0 Å². The first-order valence-corrected chi connectivity index (χ1v) is 9.43. The van der Waals surface area contributed by atoms with E-state index >= 15 is 0 Å². The van der Waals surface area contributed by atoms with Gasteiger partial charge in [0.1, 0.15) is 0 Å². The Morgan fingerprint density at radius 3 is 2.82 bits per heavy atom. The highest BCUT2D eigenvalue weighted by Crippen LogP contribution is 2.19. The van der Waals surface area contributed by atoms with Crippen LogP contribution in [0.5, 0.6) is 0 Å². The van der Waals surface area contributed by atoms with E-state index < -0.39 is 0 Å². The van der Waals surface area contributed by atoms with E-state index in [0.717, 1.165) is 37.7 Å². The smallest absolute Gasteiger partial charge is 0.191 e. The second kappa shape index (κ2) is 8.90. The molecule has 0 saturated heterocycles. The van der Waals surface area contributed by atoms with Crippen LogP contribution in [-0.4, -0.2) is 24.0 Å². The van der Waals surface area contributed by atoms with E-state index in [0.29, 0.717) is 5.92 Å². The van der Waals surface area contributed by atoms with Crippen molar-refractivity contribution >= 4 is 28.6 Å². The lowest BCUT2D eigenvalue weighted by molar-refractivity contribution is 0.781. The van der Waals surface area contributed by atoms with Crippen LogP contribution < -0.4 is 10.6 Å². The Morgan fingerprint density at radius 2 is 2.18 bits per heavy atom. The molecular formula is C16H24N4S2. The van der Waals surface area contributed by atoms with Gasteiger partial charge in [-0.2, -0.15) is 0 Å². The summed E-state index contributed by atoms with van der Waals surface area (Å²) in [5.74, 6) is 1.38. The molecular weight excluding hydrogens is 312 g/mol. The zero-order valence-corrected chi connectivity index (χ0v) is 15.1. The third kappa shape index (κ3) is 5.42. The van der Waals surface area contributed by atoms with Gasteiger partial charge in [-0.3, -0.25) is 0 Å². The van der Waals surface area contributed by atoms with Gasteiger partial charge in [0.05, 0.1) is 17.2 Å². The summed E-state index contributed by atoms with van der Waals surface area (Å²) in [6.45, 7) is 8.88. The van der Waals surface area contributed by atoms with Gasteiger partial charge >= 0.3 is 0 Å². The first-order chi connectivity index (χ1) is 10.7. The predicted molar refractivity (Wildman–Crippen MR) is 97.0 cm³/mol. The van der Waals surface area contributed by atoms with Crippen LogP contribution in [0.3, 0.4) is 0 Å². The number of aliphatic imine (C=N–C) groups is 1. The third-order valence-corrected chi connectivity index (χ3v) is 5.11. The van der Waals surface area contributed by atoms with Crippen LogP contribution in [-0.2, 0) is 13.0 Å². The van der Waals surface area contributed by atoms with E-state index in [1.54, 1.807) is 22.7 Å². The van der Waals surface area contributed by atoms with Gasteiger partial charge < -0.3 is 10.6 Å². The van der Waals surface area contributed by atoms with Crippen LogP contribution in [0.1, 0.15) is 42.3 Å². The van der Waals surface area contributed by atoms with E-state index in [4.69, 9.17) is 0 Å². The zero-order chi connectivity index (χ0) is 15.8. The third-order valence-electron chi connectivity index (χ3n) is 3.05. The van der Waals surface area contributed by atoms with Gasteiger partial charge in [-0.25, -0.2) is 9.98 Å². The molecule has 4 nitrogen and oxygen atoms in total. The largest absolute Gasteiger partial charge is 0.357 e. The van der Waals surface area contributed by atoms with E-state index in [1.807, 2.05) is 0 Å². The van der Waals surface area contributed by atoms with Crippen LogP contribution in [0.2, 0.25) is 0 Å². The van der Waals surface area contributed by atoms with Gasteiger partial charge in [0, 0.05) is 35.7 Å². The average molecular weight is 337 g/mol. The molecule has 0 amide bonds. The number of hydrogen-bond donors (Lipinski definition) is 2. The highest BCUT2D eigenvalue weighted by atomic mass is 32.1. The lowest BCUT2D eigenvalue weighted by Gasteiger charge is -2.10. The second-order valence-corrected chi connectivity index (χ2v) is 7.21. The highest BCUT2D eigenvalue weighted by molar-refractivity contribution is 7.10. The van der Waals surface area contributed by atoms with E-state index in [1.165, 1.54) is 9.88 Å². The summed E-state index contributed by atoms with van der Waals surface area (Å²) in [7, 11) is 0. The van der Waals surface area contributed by atoms with Gasteiger partial charge in [0.15, 0.2) is 5.96 Å². The Morgan fingerprint density at radius 1 is 1.32 bits per heavy atom. The molecule has 22 heavy (non-hydrogen) atoms. The molecule has 2 aromatic rings. The van der Waals surface area contributed by atoms with Gasteiger partial charge in [-0.05, 0) is 18.4 Å². The number of rotatable bonds is 7. The molecule has 0 bridgehead atoms. The van der Waals surface area contributed by atoms with Crippen LogP contribution in [0.4, 0.5) is 0 Å². The van der Waals surface area contributed by atoms with Crippen molar-refractivity contribution in [2.45, 2.75) is 39.7 Å². The molecule has 6 heteroatoms. The van der Waals surface area contributed by atoms with Gasteiger partial charge in [-0.1, -0.05) is 19.9 Å². The Hall–Kier alpha value is -1.40. The van der Waals surface area contributed by atoms with Crippen molar-refractivity contribution in [2.24, 2.45) is 4.99 Å². The minimum Gasteiger partial charge on any atom is -0.357 e. The van der Waals surface area contributed by atoms with Crippen molar-refractivity contribution in [3.05, 3.63) is 38.5 Å². The number of hydrogen-bond acceptors (Lipinski definition) is 4. The standard InChI is InChI=1S/C16H24N4S2/c1-4-17-16(19-10-14-6-5-9-21-14)18-8-7-13-11-22-15(20-13)12(2)3/h5-6,9,11-12H,4,7-8,10H2,1-3H3,(H2,17,18,19). The molecule has 0 unspecified atom stereocenters. The lowest BCUT2D eigenvalue weighted by atomic mass is 10.2. The zero-order valence-electron chi connectivity index (χ0n) is 13.4. The van der Waals surface area contributed by atoms with E-state index in [-0.39, 0.29) is 0 Å². The summed E-state index contributed by atoms with van der Waals surface area (Å²) >= 11 is 3.49. The molecule has 2 N–H and O–H groups in total. The Bertz CT molecular complexity index is 573. The number of thiophene rings is 1. The number of thiazole rings is 1. The molecule has 0 aliphatic rings. The Kier molecular flexibility index (Phi) is 6.86. The molecule has 0 spiro atoms. The monoisotopic (exact) mass is 336 g/mol. The molecule has 2 aromatic heterocycles. The fraction of sp³-hybridized carbons (Fsp3) is 0.500. The lowest BCUT2D eigenvalue weighted by Crippen LogP contribution is -2.38. The fourth-order valence-electron chi connectivity index (χ4n) is 1.91. The number of nitrogens with one attached hydrogen (secondary N) is 2. The first-order valence-electron chi connectivity index (χ1n) is 7.68. The molecule has 0 radical (unpaired) electrons. The van der Waals surface area contributed by atoms with E-state index in [2.05, 4.69) is 64.3 Å². The Balaban J connectivity index is 1.81. The molecule has 0 atom stereocenters. The van der Waals surface area contributed by atoms with E-state index in [9.17, 15) is 0 Å². The highest BCUT2D eigenvalue weighted by Gasteiger charge is 2.06. The minimum absolute atomic E-state index is 0.511. The maximum atomic E-state index is 4.66. The number of guanidine groups is 1. The summed E-state index contributed by atoms with van der Waals surface area (Å²) in [5, 5.41) is 12.1. The molecule has 2 rings (SSSR count). The maximum Gasteiger partial charge on any atom is 0.191 e. The number of nitrogens with zero attached hydrogens (tertiary/aromatic N) is 2. The summed E-state index contributed by atoms with van der Waals surface area (Å²) in [6.07, 6.45) is 0.923. The average Bonchev–Trinajstić information content (AvgIpc) is 3.16. The SMILES string of the molecule is CCNC(=NCc1cccs1)NCCc1csc(C(C)C)n1. The van der Waals surface area contributed by atoms with Crippen molar-refractivity contribution in [1.82, 2.24) is 15.6 Å². The van der Waals surface area contributed by atoms with Crippen molar-refractivity contribution in [2.75, 3.05) is 13.1 Å². The number of aromatic nitrogens is 1. The minimum atomic E-state index is 0.511. The summed E-state index contributed by atoms with van der Waals surface area (Å²) in [5.41, 5.74) is 1.16. The summed E-state index contributed by atoms with van der Waals surface area (Å²) in [4.78, 5) is 10.5. The molecule has 0 fully saturated rings. The molecule has 2 heterocycles. The molecule has 0 saturated carbocycles. The topological polar surface area (TPSA) is 49.3 Å². The van der Waals surface area contributed by atoms with Crippen LogP contribution in [0.25, 0.3) is 0 Å². The van der Waals surface area contributed by atoms with Crippen LogP contribution in [0.15, 0.2) is 27.9 Å². The van der Waals surface area contributed by atoms with Gasteiger partial charge in [-0.15, -0.1) is 22.7 Å². The molecule has 0 aliphatic carbocycles. The van der Waals surface area contributed by atoms with Gasteiger partial charge in [0.2, 0.25) is 0 Å². The normalized spacial score (nSPS) is 11.9. The molecule has 120 valence electrons. The van der Waals surface area contributed by atoms with Crippen molar-refractivity contribution in [3.8, 4) is 0 Å². The Labute approximate surface area is 140 Å². The predicted octanol–water partition coefficient (Wildman–Crippen LogP) is 3.63. The maximum absolute atomic E-state index is 4.66. The molecule has 0 aliphatic heterocycles. The molecule has 0 aromatic carbocycles. The van der Waals surface area contributed by atoms with Gasteiger partial charge in [0.25, 0.3) is 0 Å². The van der Waals surface area contributed by atoms with Crippen molar-refractivity contribution in [3.63, 3.8) is 0 Å². The van der Waals surface area contributed by atoms with Crippen molar-refractivity contribution in [1.29, 1.82) is 0 Å². The van der Waals surface area contributed by atoms with Crippen LogP contribution >= 0.6 is 22.7 Å². The first kappa shape index (κ1) is 17.0. The quantitative estimate of drug-likeness (QED) is 0.600. The second-order valence-electron chi connectivity index (χ2n) is 5.28. The summed E-state index contributed by atoms with van der Waals surface area (Å²) in [6, 6.07) is 4.17.